The van der Waals surface area contributed by atoms with E-state index in [4.69, 9.17) is 4.74 Å². The number of carbonyl (C=O) groups excluding carboxylic acids is 1. The maximum Gasteiger partial charge on any atom is 0.250 e. The van der Waals surface area contributed by atoms with Crippen molar-refractivity contribution in [2.45, 2.75) is 12.1 Å². The Morgan fingerprint density at radius 1 is 1.48 bits per heavy atom. The van der Waals surface area contributed by atoms with Crippen LogP contribution in [0.5, 0.6) is 0 Å². The second kappa shape index (κ2) is 7.68. The van der Waals surface area contributed by atoms with Crippen LogP contribution in [0, 0.1) is 0 Å². The van der Waals surface area contributed by atoms with Gasteiger partial charge in [-0.15, -0.1) is 0 Å². The molecule has 1 N–H and O–H groups in total. The highest BCUT2D eigenvalue weighted by Crippen LogP contribution is 2.15. The third-order valence-electron chi connectivity index (χ3n) is 3.48. The van der Waals surface area contributed by atoms with Gasteiger partial charge in [-0.1, -0.05) is 30.3 Å². The molecule has 1 heterocycles. The predicted molar refractivity (Wildman–Crippen MR) is 83.5 cm³/mol. The molecule has 2 rings (SSSR count). The number of morpholine rings is 1. The number of hydrogen-bond donors (Lipinski definition) is 1. The lowest BCUT2D eigenvalue weighted by molar-refractivity contribution is -0.138. The number of amides is 1. The molecule has 1 aromatic rings. The number of nitrogens with zero attached hydrogens (tertiary/aromatic N) is 1. The molecule has 0 bridgehead atoms. The average Bonchev–Trinajstić information content (AvgIpc) is 2.47. The van der Waals surface area contributed by atoms with E-state index in [0.717, 1.165) is 12.1 Å². The lowest BCUT2D eigenvalue weighted by Gasteiger charge is -2.30. The van der Waals surface area contributed by atoms with E-state index in [0.29, 0.717) is 18.9 Å². The van der Waals surface area contributed by atoms with Crippen molar-refractivity contribution in [1.29, 1.82) is 0 Å². The minimum atomic E-state index is -0.990. The third kappa shape index (κ3) is 4.91. The van der Waals surface area contributed by atoms with Gasteiger partial charge in [-0.05, 0) is 12.6 Å². The first-order valence-electron chi connectivity index (χ1n) is 7.01. The zero-order valence-corrected chi connectivity index (χ0v) is 13.3. The molecule has 1 aliphatic rings. The molecule has 5 nitrogen and oxygen atoms in total. The molecule has 1 amide bonds. The molecule has 1 saturated heterocycles. The van der Waals surface area contributed by atoms with Crippen molar-refractivity contribution in [3.8, 4) is 0 Å². The summed E-state index contributed by atoms with van der Waals surface area (Å²) in [5.74, 6) is 0.263. The Morgan fingerprint density at radius 2 is 2.19 bits per heavy atom. The van der Waals surface area contributed by atoms with Gasteiger partial charge in [0, 0.05) is 35.9 Å². The summed E-state index contributed by atoms with van der Waals surface area (Å²) in [5, 5.41) is 2.97. The molecule has 0 radical (unpaired) electrons. The molecule has 6 heteroatoms. The normalized spacial score (nSPS) is 22.5. The summed E-state index contributed by atoms with van der Waals surface area (Å²) in [6, 6.07) is 9.37. The van der Waals surface area contributed by atoms with Crippen LogP contribution in [-0.4, -0.2) is 59.9 Å². The van der Waals surface area contributed by atoms with Crippen LogP contribution in [0.3, 0.4) is 0 Å². The van der Waals surface area contributed by atoms with E-state index < -0.39 is 16.9 Å². The van der Waals surface area contributed by atoms with Crippen LogP contribution in [0.15, 0.2) is 30.3 Å². The van der Waals surface area contributed by atoms with Crippen molar-refractivity contribution in [2.75, 3.05) is 38.8 Å². The number of carbonyl (C=O) groups is 1. The largest absolute Gasteiger partial charge is 0.366 e. The molecule has 21 heavy (non-hydrogen) atoms. The topological polar surface area (TPSA) is 58.6 Å². The zero-order chi connectivity index (χ0) is 15.2. The van der Waals surface area contributed by atoms with E-state index in [1.165, 1.54) is 0 Å². The van der Waals surface area contributed by atoms with Gasteiger partial charge in [-0.3, -0.25) is 9.00 Å². The number of rotatable bonds is 5. The first-order valence-corrected chi connectivity index (χ1v) is 8.74. The Hall–Kier alpha value is -1.24. The molecular formula is C15H22N2O3S. The molecule has 3 unspecified atom stereocenters. The Morgan fingerprint density at radius 3 is 2.81 bits per heavy atom. The fraction of sp³-hybridized carbons (Fsp3) is 0.533. The molecule has 3 atom stereocenters. The van der Waals surface area contributed by atoms with Crippen LogP contribution in [0.4, 0.5) is 0 Å². The fourth-order valence-electron chi connectivity index (χ4n) is 2.34. The van der Waals surface area contributed by atoms with Gasteiger partial charge in [0.05, 0.1) is 12.6 Å². The van der Waals surface area contributed by atoms with E-state index in [1.807, 2.05) is 37.4 Å². The summed E-state index contributed by atoms with van der Waals surface area (Å²) >= 11 is 0. The molecule has 1 fully saturated rings. The zero-order valence-electron chi connectivity index (χ0n) is 12.5. The monoisotopic (exact) mass is 310 g/mol. The SMILES string of the molecule is CN1CCOC(C(=O)NC(CS(C)=O)c2ccccc2)C1. The molecule has 0 spiro atoms. The van der Waals surface area contributed by atoms with Crippen molar-refractivity contribution in [3.05, 3.63) is 35.9 Å². The van der Waals surface area contributed by atoms with Crippen molar-refractivity contribution in [2.24, 2.45) is 0 Å². The van der Waals surface area contributed by atoms with E-state index in [-0.39, 0.29) is 11.9 Å². The van der Waals surface area contributed by atoms with Crippen LogP contribution in [0.2, 0.25) is 0 Å². The highest BCUT2D eigenvalue weighted by Gasteiger charge is 2.27. The van der Waals surface area contributed by atoms with Gasteiger partial charge in [-0.25, -0.2) is 0 Å². The van der Waals surface area contributed by atoms with Gasteiger partial charge in [-0.2, -0.15) is 0 Å². The van der Waals surface area contributed by atoms with Gasteiger partial charge < -0.3 is 15.0 Å². The first-order chi connectivity index (χ1) is 10.1. The third-order valence-corrected chi connectivity index (χ3v) is 4.28. The Bertz CT molecular complexity index is 495. The van der Waals surface area contributed by atoms with Gasteiger partial charge in [0.1, 0.15) is 6.10 Å². The molecule has 0 aliphatic carbocycles. The molecule has 116 valence electrons. The summed E-state index contributed by atoms with van der Waals surface area (Å²) in [6.45, 7) is 1.98. The van der Waals surface area contributed by atoms with E-state index in [9.17, 15) is 9.00 Å². The fourth-order valence-corrected chi connectivity index (χ4v) is 3.09. The minimum Gasteiger partial charge on any atom is -0.366 e. The van der Waals surface area contributed by atoms with Crippen molar-refractivity contribution in [1.82, 2.24) is 10.2 Å². The first kappa shape index (κ1) is 16.1. The number of benzene rings is 1. The Balaban J connectivity index is 2.04. The molecule has 0 saturated carbocycles. The predicted octanol–water partition coefficient (Wildman–Crippen LogP) is 0.553. The average molecular weight is 310 g/mol. The number of ether oxygens (including phenoxy) is 1. The van der Waals surface area contributed by atoms with Crippen molar-refractivity contribution < 1.29 is 13.7 Å². The smallest absolute Gasteiger partial charge is 0.250 e. The minimum absolute atomic E-state index is 0.138. The quantitative estimate of drug-likeness (QED) is 0.863. The number of hydrogen-bond acceptors (Lipinski definition) is 4. The van der Waals surface area contributed by atoms with Gasteiger partial charge >= 0.3 is 0 Å². The van der Waals surface area contributed by atoms with Crippen LogP contribution in [0.25, 0.3) is 0 Å². The van der Waals surface area contributed by atoms with Crippen LogP contribution in [0.1, 0.15) is 11.6 Å². The molecule has 1 aliphatic heterocycles. The van der Waals surface area contributed by atoms with Crippen LogP contribution < -0.4 is 5.32 Å². The standard InChI is InChI=1S/C15H22N2O3S/c1-17-8-9-20-14(10-17)15(18)16-13(11-21(2)19)12-6-4-3-5-7-12/h3-7,13-14H,8-11H2,1-2H3,(H,16,18). The molecule has 0 aromatic heterocycles. The maximum atomic E-state index is 12.3. The maximum absolute atomic E-state index is 12.3. The summed E-state index contributed by atoms with van der Waals surface area (Å²) in [7, 11) is 0.980. The van der Waals surface area contributed by atoms with Gasteiger partial charge in [0.2, 0.25) is 0 Å². The molecule has 1 aromatic carbocycles. The van der Waals surface area contributed by atoms with Crippen LogP contribution in [-0.2, 0) is 20.3 Å². The lowest BCUT2D eigenvalue weighted by atomic mass is 10.1. The summed E-state index contributed by atoms with van der Waals surface area (Å²) in [4.78, 5) is 14.4. The number of nitrogens with one attached hydrogen (secondary N) is 1. The van der Waals surface area contributed by atoms with E-state index in [2.05, 4.69) is 10.2 Å². The Labute approximate surface area is 128 Å². The molecular weight excluding hydrogens is 288 g/mol. The van der Waals surface area contributed by atoms with E-state index >= 15 is 0 Å². The van der Waals surface area contributed by atoms with Crippen LogP contribution >= 0.6 is 0 Å². The Kier molecular flexibility index (Phi) is 5.90. The second-order valence-corrected chi connectivity index (χ2v) is 6.81. The van der Waals surface area contributed by atoms with Gasteiger partial charge in [0.25, 0.3) is 5.91 Å². The summed E-state index contributed by atoms with van der Waals surface area (Å²) < 4.78 is 17.1. The highest BCUT2D eigenvalue weighted by atomic mass is 32.2. The van der Waals surface area contributed by atoms with Gasteiger partial charge in [0.15, 0.2) is 0 Å². The van der Waals surface area contributed by atoms with E-state index in [1.54, 1.807) is 6.26 Å². The summed E-state index contributed by atoms with van der Waals surface area (Å²) in [6.07, 6.45) is 1.19. The van der Waals surface area contributed by atoms with Crippen molar-refractivity contribution >= 4 is 16.7 Å². The summed E-state index contributed by atoms with van der Waals surface area (Å²) in [5.41, 5.74) is 0.963. The van der Waals surface area contributed by atoms with Crippen molar-refractivity contribution in [3.63, 3.8) is 0 Å². The highest BCUT2D eigenvalue weighted by molar-refractivity contribution is 7.84. The second-order valence-electron chi connectivity index (χ2n) is 5.33. The lowest BCUT2D eigenvalue weighted by Crippen LogP contribution is -2.49. The number of likely N-dealkylation sites (N-methyl/N-ethyl adjacent to an activating group) is 1.